The predicted octanol–water partition coefficient (Wildman–Crippen LogP) is 0.911. The highest BCUT2D eigenvalue weighted by molar-refractivity contribution is 5.96. The summed E-state index contributed by atoms with van der Waals surface area (Å²) in [6.45, 7) is 1.14. The van der Waals surface area contributed by atoms with Crippen molar-refractivity contribution >= 4 is 5.91 Å². The van der Waals surface area contributed by atoms with Crippen LogP contribution in [0.3, 0.4) is 0 Å². The van der Waals surface area contributed by atoms with Crippen molar-refractivity contribution in [3.63, 3.8) is 0 Å². The highest BCUT2D eigenvalue weighted by Crippen LogP contribution is 2.22. The van der Waals surface area contributed by atoms with E-state index in [0.717, 1.165) is 12.8 Å². The summed E-state index contributed by atoms with van der Waals surface area (Å²) in [5.74, 6) is 0.989. The van der Waals surface area contributed by atoms with Gasteiger partial charge < -0.3 is 19.1 Å². The molecule has 0 spiro atoms. The largest absolute Gasteiger partial charge is 0.480 e. The number of likely N-dealkylation sites (tertiary alicyclic amines) is 1. The Morgan fingerprint density at radius 3 is 2.80 bits per heavy atom. The SMILES string of the molecule is COc1cncc(O[C@@H]2CCCN(C(=O)c3cn(C)nc3OC)C2)n1. The highest BCUT2D eigenvalue weighted by Gasteiger charge is 2.29. The Hall–Kier alpha value is -2.84. The van der Waals surface area contributed by atoms with E-state index in [0.29, 0.717) is 36.3 Å². The average molecular weight is 347 g/mol. The molecule has 1 aliphatic heterocycles. The van der Waals surface area contributed by atoms with Gasteiger partial charge >= 0.3 is 0 Å². The van der Waals surface area contributed by atoms with Crippen LogP contribution in [0.1, 0.15) is 23.2 Å². The molecule has 9 heteroatoms. The third-order valence-corrected chi connectivity index (χ3v) is 3.97. The second kappa shape index (κ2) is 7.37. The second-order valence-corrected chi connectivity index (χ2v) is 5.76. The van der Waals surface area contributed by atoms with E-state index in [-0.39, 0.29) is 12.0 Å². The minimum Gasteiger partial charge on any atom is -0.480 e. The van der Waals surface area contributed by atoms with Gasteiger partial charge in [-0.2, -0.15) is 4.98 Å². The fourth-order valence-electron chi connectivity index (χ4n) is 2.81. The van der Waals surface area contributed by atoms with Crippen molar-refractivity contribution in [3.8, 4) is 17.6 Å². The van der Waals surface area contributed by atoms with Crippen molar-refractivity contribution in [1.82, 2.24) is 24.6 Å². The Bertz CT molecular complexity index is 748. The summed E-state index contributed by atoms with van der Waals surface area (Å²) >= 11 is 0. The van der Waals surface area contributed by atoms with Crippen LogP contribution in [0, 0.1) is 0 Å². The molecule has 0 aromatic carbocycles. The van der Waals surface area contributed by atoms with Crippen LogP contribution in [0.4, 0.5) is 0 Å². The number of methoxy groups -OCH3 is 2. The summed E-state index contributed by atoms with van der Waals surface area (Å²) in [4.78, 5) is 22.8. The molecule has 1 saturated heterocycles. The standard InChI is InChI=1S/C16H21N5O4/c1-20-10-12(15(19-20)24-3)16(22)21-6-4-5-11(9-21)25-14-8-17-7-13(18-14)23-2/h7-8,10-11H,4-6,9H2,1-3H3/t11-/m1/s1. The van der Waals surface area contributed by atoms with Gasteiger partial charge in [0, 0.05) is 19.8 Å². The Kier molecular flexibility index (Phi) is 5.01. The first-order valence-corrected chi connectivity index (χ1v) is 8.00. The summed E-state index contributed by atoms with van der Waals surface area (Å²) in [5, 5.41) is 4.13. The van der Waals surface area contributed by atoms with Crippen LogP contribution in [0.5, 0.6) is 17.6 Å². The molecule has 0 N–H and O–H groups in total. The minimum atomic E-state index is -0.151. The molecule has 0 bridgehead atoms. The Labute approximate surface area is 145 Å². The molecule has 9 nitrogen and oxygen atoms in total. The predicted molar refractivity (Wildman–Crippen MR) is 87.9 cm³/mol. The number of ether oxygens (including phenoxy) is 3. The fraction of sp³-hybridized carbons (Fsp3) is 0.500. The summed E-state index contributed by atoms with van der Waals surface area (Å²) in [5.41, 5.74) is 0.451. The number of hydrogen-bond acceptors (Lipinski definition) is 7. The molecule has 1 aliphatic rings. The van der Waals surface area contributed by atoms with Crippen LogP contribution in [0.2, 0.25) is 0 Å². The maximum Gasteiger partial charge on any atom is 0.261 e. The average Bonchev–Trinajstić information content (AvgIpc) is 3.02. The van der Waals surface area contributed by atoms with Crippen LogP contribution in [-0.2, 0) is 7.05 Å². The Morgan fingerprint density at radius 1 is 1.24 bits per heavy atom. The molecule has 0 saturated carbocycles. The van der Waals surface area contributed by atoms with E-state index in [1.54, 1.807) is 22.8 Å². The van der Waals surface area contributed by atoms with Crippen molar-refractivity contribution in [3.05, 3.63) is 24.2 Å². The second-order valence-electron chi connectivity index (χ2n) is 5.76. The monoisotopic (exact) mass is 347 g/mol. The van der Waals surface area contributed by atoms with Crippen molar-refractivity contribution in [2.45, 2.75) is 18.9 Å². The number of aryl methyl sites for hydroxylation is 1. The summed E-state index contributed by atoms with van der Waals surface area (Å²) in [7, 11) is 4.78. The number of rotatable bonds is 5. The molecule has 0 radical (unpaired) electrons. The number of piperidine rings is 1. The van der Waals surface area contributed by atoms with Gasteiger partial charge in [0.1, 0.15) is 11.7 Å². The van der Waals surface area contributed by atoms with Crippen molar-refractivity contribution in [2.24, 2.45) is 7.05 Å². The van der Waals surface area contributed by atoms with Crippen LogP contribution < -0.4 is 14.2 Å². The first-order valence-electron chi connectivity index (χ1n) is 8.00. The molecule has 3 rings (SSSR count). The zero-order valence-corrected chi connectivity index (χ0v) is 14.5. The lowest BCUT2D eigenvalue weighted by Gasteiger charge is -2.32. The summed E-state index contributed by atoms with van der Waals surface area (Å²) < 4.78 is 17.7. The van der Waals surface area contributed by atoms with Crippen molar-refractivity contribution in [1.29, 1.82) is 0 Å². The van der Waals surface area contributed by atoms with Crippen molar-refractivity contribution < 1.29 is 19.0 Å². The number of nitrogens with zero attached hydrogens (tertiary/aromatic N) is 5. The first kappa shape index (κ1) is 17.0. The van der Waals surface area contributed by atoms with Gasteiger partial charge in [0.2, 0.25) is 17.6 Å². The zero-order valence-electron chi connectivity index (χ0n) is 14.5. The fourth-order valence-corrected chi connectivity index (χ4v) is 2.81. The molecule has 0 unspecified atom stereocenters. The van der Waals surface area contributed by atoms with Gasteiger partial charge in [-0.1, -0.05) is 0 Å². The van der Waals surface area contributed by atoms with Crippen LogP contribution in [0.15, 0.2) is 18.6 Å². The lowest BCUT2D eigenvalue weighted by Crippen LogP contribution is -2.44. The van der Waals surface area contributed by atoms with Crippen LogP contribution in [-0.4, -0.2) is 64.0 Å². The smallest absolute Gasteiger partial charge is 0.261 e. The van der Waals surface area contributed by atoms with E-state index in [1.165, 1.54) is 26.6 Å². The molecule has 134 valence electrons. The molecular formula is C16H21N5O4. The highest BCUT2D eigenvalue weighted by atomic mass is 16.5. The molecule has 1 amide bonds. The van der Waals surface area contributed by atoms with E-state index in [2.05, 4.69) is 15.1 Å². The van der Waals surface area contributed by atoms with Gasteiger partial charge in [0.05, 0.1) is 33.2 Å². The molecule has 3 heterocycles. The molecule has 2 aromatic rings. The van der Waals surface area contributed by atoms with Gasteiger partial charge in [-0.05, 0) is 12.8 Å². The first-order chi connectivity index (χ1) is 12.1. The van der Waals surface area contributed by atoms with E-state index >= 15 is 0 Å². The summed E-state index contributed by atoms with van der Waals surface area (Å²) in [6, 6.07) is 0. The van der Waals surface area contributed by atoms with Crippen molar-refractivity contribution in [2.75, 3.05) is 27.3 Å². The van der Waals surface area contributed by atoms with Crippen LogP contribution in [0.25, 0.3) is 0 Å². The van der Waals surface area contributed by atoms with Gasteiger partial charge in [-0.15, -0.1) is 5.10 Å². The lowest BCUT2D eigenvalue weighted by molar-refractivity contribution is 0.0522. The number of amides is 1. The molecule has 2 aromatic heterocycles. The normalized spacial score (nSPS) is 17.2. The topological polar surface area (TPSA) is 91.6 Å². The maximum absolute atomic E-state index is 12.8. The molecule has 1 atom stereocenters. The molecule has 25 heavy (non-hydrogen) atoms. The van der Waals surface area contributed by atoms with Gasteiger partial charge in [-0.3, -0.25) is 14.5 Å². The Balaban J connectivity index is 1.69. The number of carbonyl (C=O) groups excluding carboxylic acids is 1. The maximum atomic E-state index is 12.8. The molecule has 1 fully saturated rings. The third-order valence-electron chi connectivity index (χ3n) is 3.97. The number of hydrogen-bond donors (Lipinski definition) is 0. The third kappa shape index (κ3) is 3.81. The van der Waals surface area contributed by atoms with E-state index < -0.39 is 0 Å². The number of carbonyl (C=O) groups is 1. The zero-order chi connectivity index (χ0) is 17.8. The quantitative estimate of drug-likeness (QED) is 0.794. The Morgan fingerprint density at radius 2 is 2.04 bits per heavy atom. The van der Waals surface area contributed by atoms with Gasteiger partial charge in [0.15, 0.2) is 0 Å². The molecular weight excluding hydrogens is 326 g/mol. The van der Waals surface area contributed by atoms with Crippen LogP contribution >= 0.6 is 0 Å². The minimum absolute atomic E-state index is 0.116. The number of aromatic nitrogens is 4. The van der Waals surface area contributed by atoms with E-state index in [9.17, 15) is 4.79 Å². The van der Waals surface area contributed by atoms with E-state index in [4.69, 9.17) is 14.2 Å². The molecule has 0 aliphatic carbocycles. The van der Waals surface area contributed by atoms with E-state index in [1.807, 2.05) is 0 Å². The van der Waals surface area contributed by atoms with Gasteiger partial charge in [-0.25, -0.2) is 0 Å². The lowest BCUT2D eigenvalue weighted by atomic mass is 10.1. The van der Waals surface area contributed by atoms with Gasteiger partial charge in [0.25, 0.3) is 5.91 Å². The summed E-state index contributed by atoms with van der Waals surface area (Å²) in [6.07, 6.45) is 6.25.